The summed E-state index contributed by atoms with van der Waals surface area (Å²) in [6.45, 7) is 3.62. The van der Waals surface area contributed by atoms with Crippen molar-refractivity contribution < 1.29 is 14.3 Å². The Labute approximate surface area is 146 Å². The van der Waals surface area contributed by atoms with Gasteiger partial charge in [0.2, 0.25) is 6.79 Å². The summed E-state index contributed by atoms with van der Waals surface area (Å²) in [5, 5.41) is 3.22. The number of aryl methyl sites for hydroxylation is 1. The third-order valence-corrected chi connectivity index (χ3v) is 4.35. The Kier molecular flexibility index (Phi) is 4.13. The van der Waals surface area contributed by atoms with Crippen molar-refractivity contribution in [2.75, 3.05) is 25.2 Å². The average Bonchev–Trinajstić information content (AvgIpc) is 3.09. The number of anilines is 2. The van der Waals surface area contributed by atoms with Crippen molar-refractivity contribution in [2.45, 2.75) is 26.2 Å². The van der Waals surface area contributed by atoms with Gasteiger partial charge in [-0.3, -0.25) is 4.79 Å². The number of rotatable bonds is 3. The zero-order valence-corrected chi connectivity index (χ0v) is 14.1. The van der Waals surface area contributed by atoms with Gasteiger partial charge in [-0.25, -0.2) is 9.97 Å². The fourth-order valence-electron chi connectivity index (χ4n) is 3.12. The van der Waals surface area contributed by atoms with Crippen molar-refractivity contribution in [3.63, 3.8) is 0 Å². The predicted molar refractivity (Wildman–Crippen MR) is 92.4 cm³/mol. The van der Waals surface area contributed by atoms with Crippen LogP contribution < -0.4 is 14.8 Å². The highest BCUT2D eigenvalue weighted by Gasteiger charge is 2.20. The van der Waals surface area contributed by atoms with Crippen molar-refractivity contribution in [3.05, 3.63) is 35.8 Å². The second kappa shape index (κ2) is 6.58. The molecule has 0 aliphatic carbocycles. The Morgan fingerprint density at radius 2 is 1.88 bits per heavy atom. The molecule has 25 heavy (non-hydrogen) atoms. The quantitative estimate of drug-likeness (QED) is 0.926. The lowest BCUT2D eigenvalue weighted by molar-refractivity contribution is 0.0718. The average molecular weight is 340 g/mol. The highest BCUT2D eigenvalue weighted by Crippen LogP contribution is 2.35. The molecule has 0 radical (unpaired) electrons. The molecule has 130 valence electrons. The molecule has 3 heterocycles. The summed E-state index contributed by atoms with van der Waals surface area (Å²) < 4.78 is 10.7. The van der Waals surface area contributed by atoms with Crippen LogP contribution in [-0.2, 0) is 0 Å². The van der Waals surface area contributed by atoms with Gasteiger partial charge in [0, 0.05) is 30.9 Å². The van der Waals surface area contributed by atoms with Crippen LogP contribution in [0.2, 0.25) is 0 Å². The molecule has 1 fully saturated rings. The van der Waals surface area contributed by atoms with Gasteiger partial charge in [-0.1, -0.05) is 0 Å². The Balaban J connectivity index is 1.56. The van der Waals surface area contributed by atoms with Crippen molar-refractivity contribution in [2.24, 2.45) is 0 Å². The number of benzene rings is 1. The van der Waals surface area contributed by atoms with Crippen LogP contribution in [0.15, 0.2) is 24.3 Å². The summed E-state index contributed by atoms with van der Waals surface area (Å²) in [5.74, 6) is 2.54. The minimum atomic E-state index is -0.0288. The number of fused-ring (bicyclic) bond motifs is 1. The molecule has 1 aromatic heterocycles. The smallest absolute Gasteiger partial charge is 0.272 e. The third kappa shape index (κ3) is 3.35. The monoisotopic (exact) mass is 340 g/mol. The maximum atomic E-state index is 12.7. The van der Waals surface area contributed by atoms with Crippen molar-refractivity contribution in [3.8, 4) is 11.5 Å². The first-order valence-electron chi connectivity index (χ1n) is 8.51. The van der Waals surface area contributed by atoms with Crippen molar-refractivity contribution in [1.29, 1.82) is 0 Å². The van der Waals surface area contributed by atoms with E-state index < -0.39 is 0 Å². The number of carbonyl (C=O) groups excluding carboxylic acids is 1. The number of hydrogen-bond donors (Lipinski definition) is 1. The van der Waals surface area contributed by atoms with Gasteiger partial charge >= 0.3 is 0 Å². The van der Waals surface area contributed by atoms with E-state index in [2.05, 4.69) is 15.3 Å². The second-order valence-electron chi connectivity index (χ2n) is 6.23. The molecule has 7 heteroatoms. The minimum Gasteiger partial charge on any atom is -0.454 e. The molecule has 1 aromatic carbocycles. The van der Waals surface area contributed by atoms with Crippen molar-refractivity contribution >= 4 is 17.4 Å². The van der Waals surface area contributed by atoms with E-state index in [-0.39, 0.29) is 12.7 Å². The van der Waals surface area contributed by atoms with Gasteiger partial charge in [-0.2, -0.15) is 0 Å². The minimum absolute atomic E-state index is 0.0288. The molecule has 2 aliphatic heterocycles. The molecule has 4 rings (SSSR count). The summed E-state index contributed by atoms with van der Waals surface area (Å²) in [6.07, 6.45) is 3.29. The first kappa shape index (κ1) is 15.7. The molecule has 7 nitrogen and oxygen atoms in total. The summed E-state index contributed by atoms with van der Waals surface area (Å²) in [4.78, 5) is 23.3. The summed E-state index contributed by atoms with van der Waals surface area (Å²) in [5.41, 5.74) is 1.25. The van der Waals surface area contributed by atoms with E-state index in [1.807, 2.05) is 23.1 Å². The zero-order valence-electron chi connectivity index (χ0n) is 14.1. The number of piperidine rings is 1. The lowest BCUT2D eigenvalue weighted by Crippen LogP contribution is -2.36. The highest BCUT2D eigenvalue weighted by molar-refractivity contribution is 5.93. The Hall–Kier alpha value is -2.83. The molecule has 1 saturated heterocycles. The molecule has 0 saturated carbocycles. The lowest BCUT2D eigenvalue weighted by atomic mass is 10.1. The SMILES string of the molecule is Cc1nc(Nc2ccc3c(c2)OCO3)cc(C(=O)N2CCCCC2)n1. The molecule has 2 aromatic rings. The standard InChI is InChI=1S/C18H20N4O3/c1-12-19-14(18(23)22-7-3-2-4-8-22)10-17(20-12)21-13-5-6-15-16(9-13)25-11-24-15/h5-6,9-10H,2-4,7-8,11H2,1H3,(H,19,20,21). The summed E-state index contributed by atoms with van der Waals surface area (Å²) in [6, 6.07) is 7.29. The Morgan fingerprint density at radius 1 is 1.08 bits per heavy atom. The van der Waals surface area contributed by atoms with Gasteiger partial charge < -0.3 is 19.7 Å². The van der Waals surface area contributed by atoms with Gasteiger partial charge in [0.1, 0.15) is 17.3 Å². The number of aromatic nitrogens is 2. The Bertz CT molecular complexity index is 803. The number of amides is 1. The number of nitrogens with one attached hydrogen (secondary N) is 1. The van der Waals surface area contributed by atoms with Gasteiger partial charge in [0.25, 0.3) is 5.91 Å². The fourth-order valence-corrected chi connectivity index (χ4v) is 3.12. The van der Waals surface area contributed by atoms with E-state index in [9.17, 15) is 4.79 Å². The van der Waals surface area contributed by atoms with E-state index in [1.54, 1.807) is 13.0 Å². The highest BCUT2D eigenvalue weighted by atomic mass is 16.7. The van der Waals surface area contributed by atoms with E-state index in [1.165, 1.54) is 6.42 Å². The van der Waals surface area contributed by atoms with E-state index >= 15 is 0 Å². The van der Waals surface area contributed by atoms with Crippen LogP contribution in [0.1, 0.15) is 35.6 Å². The molecule has 0 bridgehead atoms. The number of nitrogens with zero attached hydrogens (tertiary/aromatic N) is 3. The number of carbonyl (C=O) groups is 1. The van der Waals surface area contributed by atoms with Crippen LogP contribution in [0, 0.1) is 6.92 Å². The summed E-state index contributed by atoms with van der Waals surface area (Å²) in [7, 11) is 0. The van der Waals surface area contributed by atoms with Gasteiger partial charge in [0.15, 0.2) is 11.5 Å². The molecule has 2 aliphatic rings. The second-order valence-corrected chi connectivity index (χ2v) is 6.23. The molecule has 1 N–H and O–H groups in total. The van der Waals surface area contributed by atoms with Crippen LogP contribution in [0.4, 0.5) is 11.5 Å². The van der Waals surface area contributed by atoms with E-state index in [4.69, 9.17) is 9.47 Å². The first-order chi connectivity index (χ1) is 12.2. The van der Waals surface area contributed by atoms with Crippen LogP contribution in [0.3, 0.4) is 0 Å². The van der Waals surface area contributed by atoms with Gasteiger partial charge in [-0.15, -0.1) is 0 Å². The van der Waals surface area contributed by atoms with Gasteiger partial charge in [0.05, 0.1) is 0 Å². The van der Waals surface area contributed by atoms with Crippen LogP contribution in [-0.4, -0.2) is 40.7 Å². The molecular weight excluding hydrogens is 320 g/mol. The first-order valence-corrected chi connectivity index (χ1v) is 8.51. The predicted octanol–water partition coefficient (Wildman–Crippen LogP) is 2.88. The van der Waals surface area contributed by atoms with Crippen LogP contribution in [0.25, 0.3) is 0 Å². The molecular formula is C18H20N4O3. The topological polar surface area (TPSA) is 76.6 Å². The molecule has 0 unspecified atom stereocenters. The van der Waals surface area contributed by atoms with E-state index in [0.29, 0.717) is 23.1 Å². The Morgan fingerprint density at radius 3 is 2.72 bits per heavy atom. The number of hydrogen-bond acceptors (Lipinski definition) is 6. The normalized spacial score (nSPS) is 16.0. The molecule has 0 spiro atoms. The van der Waals surface area contributed by atoms with E-state index in [0.717, 1.165) is 37.4 Å². The summed E-state index contributed by atoms with van der Waals surface area (Å²) >= 11 is 0. The number of ether oxygens (including phenoxy) is 2. The fraction of sp³-hybridized carbons (Fsp3) is 0.389. The van der Waals surface area contributed by atoms with Gasteiger partial charge in [-0.05, 0) is 38.3 Å². The largest absolute Gasteiger partial charge is 0.454 e. The lowest BCUT2D eigenvalue weighted by Gasteiger charge is -2.26. The molecule has 0 atom stereocenters. The maximum absolute atomic E-state index is 12.7. The molecule has 1 amide bonds. The number of likely N-dealkylation sites (tertiary alicyclic amines) is 1. The van der Waals surface area contributed by atoms with Crippen LogP contribution >= 0.6 is 0 Å². The third-order valence-electron chi connectivity index (χ3n) is 4.35. The zero-order chi connectivity index (χ0) is 17.2. The van der Waals surface area contributed by atoms with Crippen molar-refractivity contribution in [1.82, 2.24) is 14.9 Å². The van der Waals surface area contributed by atoms with Crippen LogP contribution in [0.5, 0.6) is 11.5 Å². The maximum Gasteiger partial charge on any atom is 0.272 e.